The van der Waals surface area contributed by atoms with Gasteiger partial charge in [0, 0.05) is 0 Å². The third-order valence-electron chi connectivity index (χ3n) is 2.33. The fraction of sp³-hybridized carbons (Fsp3) is 0.308. The Kier molecular flexibility index (Phi) is 17.5. The lowest BCUT2D eigenvalue weighted by Gasteiger charge is -2.06. The zero-order valence-electron chi connectivity index (χ0n) is 11.4. The lowest BCUT2D eigenvalue weighted by molar-refractivity contribution is 0.562. The highest BCUT2D eigenvalue weighted by Gasteiger charge is 1.97. The van der Waals surface area contributed by atoms with Crippen LogP contribution in [0.4, 0.5) is 0 Å². The molecular formula is C13H17N3O3. The SMILES string of the molecule is Cc1ccc(C)c(C)c1C.N=C=O.N=C=O.N=C=O. The van der Waals surface area contributed by atoms with Crippen molar-refractivity contribution in [3.05, 3.63) is 34.4 Å². The van der Waals surface area contributed by atoms with Gasteiger partial charge in [0.05, 0.1) is 0 Å². The summed E-state index contributed by atoms with van der Waals surface area (Å²) in [6.45, 7) is 8.67. The standard InChI is InChI=1S/C10H14.3CHNO/c1-7-5-6-8(2)10(4)9(7)3;3*2-1-3/h5-6H,1-4H3;3*2H. The summed E-state index contributed by atoms with van der Waals surface area (Å²) in [6, 6.07) is 4.36. The molecule has 0 bridgehead atoms. The maximum absolute atomic E-state index is 8.35. The van der Waals surface area contributed by atoms with Gasteiger partial charge in [-0.1, -0.05) is 12.1 Å². The highest BCUT2D eigenvalue weighted by atomic mass is 16.1. The first-order valence-corrected chi connectivity index (χ1v) is 5.02. The summed E-state index contributed by atoms with van der Waals surface area (Å²) in [6.07, 6.45) is 2.25. The predicted molar refractivity (Wildman–Crippen MR) is 70.6 cm³/mol. The Morgan fingerprint density at radius 3 is 1.00 bits per heavy atom. The molecule has 0 saturated heterocycles. The third-order valence-corrected chi connectivity index (χ3v) is 2.33. The highest BCUT2D eigenvalue weighted by Crippen LogP contribution is 2.15. The van der Waals surface area contributed by atoms with Gasteiger partial charge in [0.15, 0.2) is 0 Å². The largest absolute Gasteiger partial charge is 0.231 e. The Bertz CT molecular complexity index is 423. The van der Waals surface area contributed by atoms with Crippen LogP contribution in [-0.2, 0) is 14.4 Å². The second-order valence-electron chi connectivity index (χ2n) is 3.26. The Hall–Kier alpha value is -2.64. The van der Waals surface area contributed by atoms with Crippen molar-refractivity contribution in [2.24, 2.45) is 0 Å². The van der Waals surface area contributed by atoms with E-state index in [0.29, 0.717) is 0 Å². The lowest BCUT2D eigenvalue weighted by Crippen LogP contribution is -1.88. The van der Waals surface area contributed by atoms with E-state index in [1.54, 1.807) is 0 Å². The monoisotopic (exact) mass is 263 g/mol. The minimum atomic E-state index is 0.750. The summed E-state index contributed by atoms with van der Waals surface area (Å²) in [5, 5.41) is 16.2. The number of hydrogen-bond donors (Lipinski definition) is 3. The molecule has 0 fully saturated rings. The van der Waals surface area contributed by atoms with E-state index in [1.165, 1.54) is 22.3 Å². The summed E-state index contributed by atoms with van der Waals surface area (Å²) >= 11 is 0. The number of rotatable bonds is 0. The third kappa shape index (κ3) is 13.3. The molecule has 0 radical (unpaired) electrons. The van der Waals surface area contributed by atoms with Crippen LogP contribution in [0.1, 0.15) is 22.3 Å². The smallest absolute Gasteiger partial charge is 0.222 e. The molecule has 0 aliphatic rings. The van der Waals surface area contributed by atoms with Crippen molar-refractivity contribution in [2.45, 2.75) is 27.7 Å². The number of benzene rings is 1. The van der Waals surface area contributed by atoms with Crippen molar-refractivity contribution < 1.29 is 14.4 Å². The van der Waals surface area contributed by atoms with Gasteiger partial charge in [0.25, 0.3) is 0 Å². The first-order chi connectivity index (χ1) is 8.87. The molecule has 0 amide bonds. The zero-order valence-corrected chi connectivity index (χ0v) is 11.4. The van der Waals surface area contributed by atoms with Gasteiger partial charge in [-0.3, -0.25) is 0 Å². The van der Waals surface area contributed by atoms with Gasteiger partial charge in [-0.15, -0.1) is 0 Å². The second-order valence-corrected chi connectivity index (χ2v) is 3.26. The summed E-state index contributed by atoms with van der Waals surface area (Å²) in [5.41, 5.74) is 5.64. The van der Waals surface area contributed by atoms with E-state index in [4.69, 9.17) is 30.6 Å². The summed E-state index contributed by atoms with van der Waals surface area (Å²) in [7, 11) is 0. The molecular weight excluding hydrogens is 246 g/mol. The molecule has 1 rings (SSSR count). The topological polar surface area (TPSA) is 123 Å². The molecule has 0 unspecified atom stereocenters. The molecule has 0 heterocycles. The van der Waals surface area contributed by atoms with Crippen molar-refractivity contribution >= 4 is 18.2 Å². The van der Waals surface area contributed by atoms with Crippen LogP contribution < -0.4 is 0 Å². The number of aryl methyl sites for hydroxylation is 2. The number of nitrogens with one attached hydrogen (secondary N) is 3. The molecule has 6 nitrogen and oxygen atoms in total. The van der Waals surface area contributed by atoms with E-state index in [-0.39, 0.29) is 0 Å². The molecule has 0 aromatic heterocycles. The first-order valence-electron chi connectivity index (χ1n) is 5.02. The van der Waals surface area contributed by atoms with Crippen molar-refractivity contribution in [1.82, 2.24) is 0 Å². The molecule has 0 spiro atoms. The van der Waals surface area contributed by atoms with E-state index < -0.39 is 0 Å². The van der Waals surface area contributed by atoms with Gasteiger partial charge >= 0.3 is 0 Å². The molecule has 0 atom stereocenters. The summed E-state index contributed by atoms with van der Waals surface area (Å²) in [5.74, 6) is 0. The van der Waals surface area contributed by atoms with Crippen LogP contribution >= 0.6 is 0 Å². The second kappa shape index (κ2) is 15.4. The maximum atomic E-state index is 8.35. The van der Waals surface area contributed by atoms with Crippen LogP contribution in [0, 0.1) is 43.9 Å². The van der Waals surface area contributed by atoms with E-state index in [0.717, 1.165) is 18.2 Å². The molecule has 3 N–H and O–H groups in total. The Morgan fingerprint density at radius 2 is 0.842 bits per heavy atom. The molecule has 1 aromatic carbocycles. The van der Waals surface area contributed by atoms with Crippen LogP contribution in [0.2, 0.25) is 0 Å². The van der Waals surface area contributed by atoms with Gasteiger partial charge in [0.2, 0.25) is 18.2 Å². The van der Waals surface area contributed by atoms with Crippen LogP contribution in [-0.4, -0.2) is 18.2 Å². The van der Waals surface area contributed by atoms with E-state index in [9.17, 15) is 0 Å². The average Bonchev–Trinajstić information content (AvgIpc) is 2.35. The van der Waals surface area contributed by atoms with Crippen LogP contribution in [0.15, 0.2) is 12.1 Å². The minimum Gasteiger partial charge on any atom is -0.222 e. The molecule has 0 aliphatic carbocycles. The van der Waals surface area contributed by atoms with Crippen LogP contribution in [0.25, 0.3) is 0 Å². The van der Waals surface area contributed by atoms with Crippen molar-refractivity contribution in [3.8, 4) is 0 Å². The van der Waals surface area contributed by atoms with Crippen LogP contribution in [0.5, 0.6) is 0 Å². The Labute approximate surface area is 112 Å². The first kappa shape index (κ1) is 21.6. The predicted octanol–water partition coefficient (Wildman–Crippen LogP) is 2.62. The lowest BCUT2D eigenvalue weighted by atomic mass is 10.0. The molecule has 0 aliphatic heterocycles. The van der Waals surface area contributed by atoms with Gasteiger partial charge in [0.1, 0.15) is 0 Å². The fourth-order valence-electron chi connectivity index (χ4n) is 1.09. The van der Waals surface area contributed by atoms with Gasteiger partial charge in [-0.2, -0.15) is 0 Å². The van der Waals surface area contributed by atoms with E-state index >= 15 is 0 Å². The normalized spacial score (nSPS) is 6.53. The van der Waals surface area contributed by atoms with Crippen molar-refractivity contribution in [2.75, 3.05) is 0 Å². The highest BCUT2D eigenvalue weighted by molar-refractivity contribution is 5.37. The number of carbonyl (C=O) groups excluding carboxylic acids is 3. The fourth-order valence-corrected chi connectivity index (χ4v) is 1.09. The van der Waals surface area contributed by atoms with Gasteiger partial charge < -0.3 is 0 Å². The van der Waals surface area contributed by atoms with Gasteiger partial charge in [-0.05, 0) is 49.9 Å². The molecule has 102 valence electrons. The van der Waals surface area contributed by atoms with Crippen LogP contribution in [0.3, 0.4) is 0 Å². The van der Waals surface area contributed by atoms with Crippen molar-refractivity contribution in [3.63, 3.8) is 0 Å². The summed E-state index contributed by atoms with van der Waals surface area (Å²) < 4.78 is 0. The Balaban J connectivity index is -0.000000238. The molecule has 1 aromatic rings. The van der Waals surface area contributed by atoms with Crippen molar-refractivity contribution in [1.29, 1.82) is 16.2 Å². The Morgan fingerprint density at radius 1 is 0.684 bits per heavy atom. The average molecular weight is 263 g/mol. The number of hydrogen-bond acceptors (Lipinski definition) is 6. The molecule has 0 saturated carbocycles. The maximum Gasteiger partial charge on any atom is 0.231 e. The molecule has 6 heteroatoms. The van der Waals surface area contributed by atoms with Gasteiger partial charge in [-0.25, -0.2) is 30.6 Å². The van der Waals surface area contributed by atoms with E-state index in [2.05, 4.69) is 39.8 Å². The van der Waals surface area contributed by atoms with E-state index in [1.807, 2.05) is 0 Å². The quantitative estimate of drug-likeness (QED) is 0.492. The minimum absolute atomic E-state index is 0.750. The zero-order chi connectivity index (χ0) is 15.8. The molecule has 19 heavy (non-hydrogen) atoms. The number of isocyanates is 3. The summed E-state index contributed by atoms with van der Waals surface area (Å²) in [4.78, 5) is 25.0.